The van der Waals surface area contributed by atoms with Crippen LogP contribution in [0.1, 0.15) is 44.9 Å². The topological polar surface area (TPSA) is 41.5 Å². The Morgan fingerprint density at radius 1 is 1.26 bits per heavy atom. The van der Waals surface area contributed by atoms with Crippen LogP contribution in [-0.4, -0.2) is 30.0 Å². The number of benzene rings is 1. The monoisotopic (exact) mass is 265 g/mol. The minimum atomic E-state index is -0.481. The van der Waals surface area contributed by atoms with Gasteiger partial charge in [0, 0.05) is 12.6 Å². The normalized spacial score (nSPS) is 15.3. The van der Waals surface area contributed by atoms with E-state index in [9.17, 15) is 5.11 Å². The van der Waals surface area contributed by atoms with Crippen LogP contribution < -0.4 is 5.32 Å². The number of rotatable bonds is 6. The van der Waals surface area contributed by atoms with Gasteiger partial charge in [0.1, 0.15) is 0 Å². The minimum absolute atomic E-state index is 0.206. The van der Waals surface area contributed by atoms with Crippen molar-refractivity contribution < 1.29 is 9.84 Å². The maximum atomic E-state index is 9.89. The van der Waals surface area contributed by atoms with Gasteiger partial charge >= 0.3 is 0 Å². The summed E-state index contributed by atoms with van der Waals surface area (Å²) in [6.45, 7) is 11.1. The first-order valence-electron chi connectivity index (χ1n) is 6.90. The molecule has 108 valence electrons. The molecule has 1 unspecified atom stereocenters. The van der Waals surface area contributed by atoms with Crippen molar-refractivity contribution in [2.75, 3.05) is 13.2 Å². The Morgan fingerprint density at radius 3 is 2.47 bits per heavy atom. The van der Waals surface area contributed by atoms with Crippen LogP contribution in [0, 0.1) is 6.92 Å². The van der Waals surface area contributed by atoms with E-state index in [1.807, 2.05) is 32.9 Å². The van der Waals surface area contributed by atoms with E-state index in [1.165, 1.54) is 11.1 Å². The first-order valence-corrected chi connectivity index (χ1v) is 6.90. The maximum absolute atomic E-state index is 9.89. The van der Waals surface area contributed by atoms with Crippen molar-refractivity contribution in [3.05, 3.63) is 35.4 Å². The molecule has 2 N–H and O–H groups in total. The second-order valence-corrected chi connectivity index (χ2v) is 6.06. The van der Waals surface area contributed by atoms with Crippen molar-refractivity contribution in [3.63, 3.8) is 0 Å². The van der Waals surface area contributed by atoms with Crippen molar-refractivity contribution in [2.24, 2.45) is 0 Å². The Hall–Kier alpha value is -0.900. The molecule has 1 rings (SSSR count). The molecule has 0 bridgehead atoms. The van der Waals surface area contributed by atoms with Gasteiger partial charge in [0.2, 0.25) is 0 Å². The molecule has 0 fully saturated rings. The van der Waals surface area contributed by atoms with Crippen LogP contribution in [0.5, 0.6) is 0 Å². The van der Waals surface area contributed by atoms with E-state index in [2.05, 4.69) is 31.3 Å². The molecule has 0 radical (unpaired) electrons. The van der Waals surface area contributed by atoms with Gasteiger partial charge in [0.25, 0.3) is 0 Å². The molecular formula is C16H27NO2. The van der Waals surface area contributed by atoms with Crippen molar-refractivity contribution in [3.8, 4) is 0 Å². The summed E-state index contributed by atoms with van der Waals surface area (Å²) in [7, 11) is 0. The molecule has 0 heterocycles. The lowest BCUT2D eigenvalue weighted by atomic mass is 10.0. The van der Waals surface area contributed by atoms with Crippen LogP contribution in [0.15, 0.2) is 24.3 Å². The number of hydrogen-bond acceptors (Lipinski definition) is 3. The van der Waals surface area contributed by atoms with Crippen LogP contribution in [0.3, 0.4) is 0 Å². The average molecular weight is 265 g/mol. The van der Waals surface area contributed by atoms with Gasteiger partial charge in [-0.25, -0.2) is 0 Å². The summed E-state index contributed by atoms with van der Waals surface area (Å²) in [5.74, 6) is 0. The van der Waals surface area contributed by atoms with Crippen LogP contribution in [-0.2, 0) is 4.74 Å². The zero-order valence-corrected chi connectivity index (χ0v) is 12.7. The molecule has 0 amide bonds. The van der Waals surface area contributed by atoms with Gasteiger partial charge in [-0.3, -0.25) is 0 Å². The highest BCUT2D eigenvalue weighted by Crippen LogP contribution is 2.16. The fraction of sp³-hybridized carbons (Fsp3) is 0.625. The van der Waals surface area contributed by atoms with Crippen LogP contribution in [0.2, 0.25) is 0 Å². The molecule has 3 heteroatoms. The van der Waals surface area contributed by atoms with Gasteiger partial charge in [-0.1, -0.05) is 24.3 Å². The van der Waals surface area contributed by atoms with E-state index in [1.54, 1.807) is 0 Å². The second kappa shape index (κ2) is 7.04. The van der Waals surface area contributed by atoms with Gasteiger partial charge in [0.15, 0.2) is 0 Å². The molecule has 2 atom stereocenters. The molecule has 0 spiro atoms. The van der Waals surface area contributed by atoms with Crippen molar-refractivity contribution in [1.82, 2.24) is 5.32 Å². The summed E-state index contributed by atoms with van der Waals surface area (Å²) in [4.78, 5) is 0. The average Bonchev–Trinajstić information content (AvgIpc) is 2.33. The maximum Gasteiger partial charge on any atom is 0.0898 e. The quantitative estimate of drug-likeness (QED) is 0.831. The number of aryl methyl sites for hydroxylation is 1. The van der Waals surface area contributed by atoms with Gasteiger partial charge in [0.05, 0.1) is 18.3 Å². The number of aliphatic hydroxyl groups is 1. The van der Waals surface area contributed by atoms with E-state index < -0.39 is 6.10 Å². The van der Waals surface area contributed by atoms with Crippen molar-refractivity contribution in [1.29, 1.82) is 0 Å². The third-order valence-electron chi connectivity index (χ3n) is 3.02. The summed E-state index contributed by atoms with van der Waals surface area (Å²) in [5, 5.41) is 13.2. The number of hydrogen-bond donors (Lipinski definition) is 2. The van der Waals surface area contributed by atoms with Gasteiger partial charge < -0.3 is 15.2 Å². The summed E-state index contributed by atoms with van der Waals surface area (Å²) < 4.78 is 5.56. The predicted molar refractivity (Wildman–Crippen MR) is 79.3 cm³/mol. The van der Waals surface area contributed by atoms with E-state index >= 15 is 0 Å². The Balaban J connectivity index is 2.38. The standard InChI is InChI=1S/C16H27NO2/c1-12-8-6-7-9-15(12)13(2)17-10-14(18)11-19-16(3,4)5/h6-9,13-14,17-18H,10-11H2,1-5H3/t13-,14?/m1/s1. The van der Waals surface area contributed by atoms with E-state index in [4.69, 9.17) is 4.74 Å². The van der Waals surface area contributed by atoms with Gasteiger partial charge in [-0.05, 0) is 45.7 Å². The minimum Gasteiger partial charge on any atom is -0.389 e. The summed E-state index contributed by atoms with van der Waals surface area (Å²) in [6.07, 6.45) is -0.481. The lowest BCUT2D eigenvalue weighted by Crippen LogP contribution is -2.35. The second-order valence-electron chi connectivity index (χ2n) is 6.06. The fourth-order valence-corrected chi connectivity index (χ4v) is 1.90. The molecule has 1 aromatic rings. The Morgan fingerprint density at radius 2 is 1.89 bits per heavy atom. The Bertz CT molecular complexity index is 385. The molecule has 0 saturated carbocycles. The summed E-state index contributed by atoms with van der Waals surface area (Å²) >= 11 is 0. The zero-order chi connectivity index (χ0) is 14.5. The highest BCUT2D eigenvalue weighted by molar-refractivity contribution is 5.28. The number of ether oxygens (including phenoxy) is 1. The molecular weight excluding hydrogens is 238 g/mol. The van der Waals surface area contributed by atoms with E-state index in [0.29, 0.717) is 13.2 Å². The highest BCUT2D eigenvalue weighted by atomic mass is 16.5. The van der Waals surface area contributed by atoms with Gasteiger partial charge in [-0.15, -0.1) is 0 Å². The number of nitrogens with one attached hydrogen (secondary N) is 1. The Labute approximate surface area is 117 Å². The summed E-state index contributed by atoms with van der Waals surface area (Å²) in [5.41, 5.74) is 2.33. The van der Waals surface area contributed by atoms with E-state index in [0.717, 1.165) is 0 Å². The molecule has 0 aliphatic carbocycles. The lowest BCUT2D eigenvalue weighted by Gasteiger charge is -2.23. The Kier molecular flexibility index (Phi) is 5.98. The highest BCUT2D eigenvalue weighted by Gasteiger charge is 2.15. The van der Waals surface area contributed by atoms with Crippen molar-refractivity contribution in [2.45, 2.75) is 52.4 Å². The first-order chi connectivity index (χ1) is 8.79. The first kappa shape index (κ1) is 16.2. The smallest absolute Gasteiger partial charge is 0.0898 e. The zero-order valence-electron chi connectivity index (χ0n) is 12.7. The summed E-state index contributed by atoms with van der Waals surface area (Å²) in [6, 6.07) is 8.53. The van der Waals surface area contributed by atoms with Crippen LogP contribution in [0.4, 0.5) is 0 Å². The molecule has 0 aromatic heterocycles. The van der Waals surface area contributed by atoms with Crippen LogP contribution >= 0.6 is 0 Å². The lowest BCUT2D eigenvalue weighted by molar-refractivity contribution is -0.0482. The van der Waals surface area contributed by atoms with Crippen molar-refractivity contribution >= 4 is 0 Å². The fourth-order valence-electron chi connectivity index (χ4n) is 1.90. The van der Waals surface area contributed by atoms with Crippen LogP contribution in [0.25, 0.3) is 0 Å². The molecule has 0 aliphatic rings. The third kappa shape index (κ3) is 6.19. The molecule has 1 aromatic carbocycles. The SMILES string of the molecule is Cc1ccccc1[C@@H](C)NCC(O)COC(C)(C)C. The van der Waals surface area contributed by atoms with E-state index in [-0.39, 0.29) is 11.6 Å². The molecule has 19 heavy (non-hydrogen) atoms. The van der Waals surface area contributed by atoms with Gasteiger partial charge in [-0.2, -0.15) is 0 Å². The molecule has 0 aliphatic heterocycles. The molecule has 0 saturated heterocycles. The number of aliphatic hydroxyl groups excluding tert-OH is 1. The predicted octanol–water partition coefficient (Wildman–Crippen LogP) is 2.82. The molecule has 3 nitrogen and oxygen atoms in total. The third-order valence-corrected chi connectivity index (χ3v) is 3.02. The largest absolute Gasteiger partial charge is 0.389 e.